The largest absolute Gasteiger partial charge is 0.379 e. The number of likely N-dealkylation sites (N-methyl/N-ethyl adjacent to an activating group) is 1. The van der Waals surface area contributed by atoms with Crippen LogP contribution in [0.5, 0.6) is 0 Å². The van der Waals surface area contributed by atoms with Crippen molar-refractivity contribution in [1.29, 1.82) is 0 Å². The number of carbonyl (C=O) groups is 1. The highest BCUT2D eigenvalue weighted by molar-refractivity contribution is 5.91. The predicted molar refractivity (Wildman–Crippen MR) is 90.3 cm³/mol. The van der Waals surface area contributed by atoms with Crippen LogP contribution >= 0.6 is 0 Å². The molecule has 1 aliphatic heterocycles. The van der Waals surface area contributed by atoms with E-state index in [0.717, 1.165) is 22.3 Å². The van der Waals surface area contributed by atoms with Gasteiger partial charge in [-0.25, -0.2) is 0 Å². The summed E-state index contributed by atoms with van der Waals surface area (Å²) in [7, 11) is 3.74. The van der Waals surface area contributed by atoms with E-state index < -0.39 is 0 Å². The van der Waals surface area contributed by atoms with E-state index in [1.165, 1.54) is 0 Å². The number of likely N-dealkylation sites (tertiary alicyclic amines) is 1. The van der Waals surface area contributed by atoms with E-state index in [4.69, 9.17) is 0 Å². The lowest BCUT2D eigenvalue weighted by Crippen LogP contribution is -2.31. The molecule has 1 amide bonds. The monoisotopic (exact) mass is 322 g/mol. The van der Waals surface area contributed by atoms with Crippen LogP contribution < -0.4 is 5.32 Å². The van der Waals surface area contributed by atoms with E-state index in [2.05, 4.69) is 20.4 Å². The molecule has 0 radical (unpaired) electrons. The van der Waals surface area contributed by atoms with Crippen LogP contribution in [0.15, 0.2) is 43.0 Å². The summed E-state index contributed by atoms with van der Waals surface area (Å²) < 4.78 is 1.82. The molecule has 3 aromatic heterocycles. The van der Waals surface area contributed by atoms with Crippen molar-refractivity contribution in [3.63, 3.8) is 0 Å². The SMILES string of the molecule is CN1C(=O)C[C@@H](Nc2ccnc3ccncc23)[C@@H]1c1ccnn1C. The fraction of sp³-hybridized carbons (Fsp3) is 0.294. The van der Waals surface area contributed by atoms with Crippen LogP contribution in [0.4, 0.5) is 5.69 Å². The van der Waals surface area contributed by atoms with Gasteiger partial charge in [0.25, 0.3) is 0 Å². The summed E-state index contributed by atoms with van der Waals surface area (Å²) in [6, 6.07) is 5.66. The molecule has 1 N–H and O–H groups in total. The summed E-state index contributed by atoms with van der Waals surface area (Å²) in [5, 5.41) is 8.72. The van der Waals surface area contributed by atoms with Crippen LogP contribution in [0.3, 0.4) is 0 Å². The highest BCUT2D eigenvalue weighted by atomic mass is 16.2. The molecule has 1 aliphatic rings. The van der Waals surface area contributed by atoms with Gasteiger partial charge in [0.15, 0.2) is 0 Å². The number of pyridine rings is 2. The van der Waals surface area contributed by atoms with Gasteiger partial charge < -0.3 is 10.2 Å². The first kappa shape index (κ1) is 14.6. The molecule has 4 heterocycles. The Bertz CT molecular complexity index is 899. The summed E-state index contributed by atoms with van der Waals surface area (Å²) in [5.74, 6) is 0.121. The number of fused-ring (bicyclic) bond motifs is 1. The minimum atomic E-state index is -0.0649. The van der Waals surface area contributed by atoms with E-state index in [9.17, 15) is 4.79 Å². The molecule has 1 fully saturated rings. The maximum Gasteiger partial charge on any atom is 0.225 e. The number of carbonyl (C=O) groups excluding carboxylic acids is 1. The molecule has 4 rings (SSSR count). The van der Waals surface area contributed by atoms with Crippen LogP contribution in [0.2, 0.25) is 0 Å². The third-order valence-corrected chi connectivity index (χ3v) is 4.63. The maximum atomic E-state index is 12.3. The van der Waals surface area contributed by atoms with E-state index in [-0.39, 0.29) is 18.0 Å². The van der Waals surface area contributed by atoms with Crippen LogP contribution in [0.25, 0.3) is 10.9 Å². The Labute approximate surface area is 139 Å². The molecule has 0 saturated carbocycles. The highest BCUT2D eigenvalue weighted by Crippen LogP contribution is 2.34. The number of amides is 1. The lowest BCUT2D eigenvalue weighted by atomic mass is 10.0. The topological polar surface area (TPSA) is 75.9 Å². The summed E-state index contributed by atoms with van der Waals surface area (Å²) in [6.07, 6.45) is 7.49. The number of rotatable bonds is 3. The van der Waals surface area contributed by atoms with Crippen LogP contribution in [0, 0.1) is 0 Å². The van der Waals surface area contributed by atoms with Gasteiger partial charge in [0.05, 0.1) is 23.3 Å². The Hall–Kier alpha value is -2.96. The second-order valence-electron chi connectivity index (χ2n) is 6.04. The second-order valence-corrected chi connectivity index (χ2v) is 6.04. The first-order valence-electron chi connectivity index (χ1n) is 7.84. The first-order valence-corrected chi connectivity index (χ1v) is 7.84. The number of nitrogens with zero attached hydrogens (tertiary/aromatic N) is 5. The van der Waals surface area contributed by atoms with Crippen molar-refractivity contribution in [1.82, 2.24) is 24.6 Å². The summed E-state index contributed by atoms with van der Waals surface area (Å²) >= 11 is 0. The van der Waals surface area contributed by atoms with Crippen LogP contribution in [0.1, 0.15) is 18.2 Å². The van der Waals surface area contributed by atoms with Gasteiger partial charge in [-0.1, -0.05) is 0 Å². The molecule has 2 atom stereocenters. The average molecular weight is 322 g/mol. The van der Waals surface area contributed by atoms with Crippen LogP contribution in [-0.4, -0.2) is 43.6 Å². The molecular formula is C17H18N6O. The molecule has 0 bridgehead atoms. The van der Waals surface area contributed by atoms with Crippen molar-refractivity contribution in [2.75, 3.05) is 12.4 Å². The number of aromatic nitrogens is 4. The number of hydrogen-bond acceptors (Lipinski definition) is 5. The smallest absolute Gasteiger partial charge is 0.225 e. The van der Waals surface area contributed by atoms with E-state index >= 15 is 0 Å². The van der Waals surface area contributed by atoms with E-state index in [0.29, 0.717) is 6.42 Å². The Balaban J connectivity index is 1.72. The Kier molecular flexibility index (Phi) is 3.41. The maximum absolute atomic E-state index is 12.3. The van der Waals surface area contributed by atoms with Gasteiger partial charge >= 0.3 is 0 Å². The van der Waals surface area contributed by atoms with Crippen molar-refractivity contribution in [3.05, 3.63) is 48.7 Å². The lowest BCUT2D eigenvalue weighted by molar-refractivity contribution is -0.127. The van der Waals surface area contributed by atoms with Gasteiger partial charge in [0, 0.05) is 56.4 Å². The minimum absolute atomic E-state index is 0.0382. The van der Waals surface area contributed by atoms with E-state index in [1.807, 2.05) is 37.0 Å². The third-order valence-electron chi connectivity index (χ3n) is 4.63. The molecule has 1 saturated heterocycles. The molecule has 0 aliphatic carbocycles. The van der Waals surface area contributed by atoms with Crippen LogP contribution in [-0.2, 0) is 11.8 Å². The van der Waals surface area contributed by atoms with Gasteiger partial charge in [0.1, 0.15) is 0 Å². The van der Waals surface area contributed by atoms with Gasteiger partial charge in [-0.15, -0.1) is 0 Å². The molecule has 0 unspecified atom stereocenters. The fourth-order valence-electron chi connectivity index (χ4n) is 3.39. The number of anilines is 1. The third kappa shape index (κ3) is 2.29. The quantitative estimate of drug-likeness (QED) is 0.795. The average Bonchev–Trinajstić information content (AvgIpc) is 3.11. The van der Waals surface area contributed by atoms with Gasteiger partial charge in [-0.3, -0.25) is 19.4 Å². The van der Waals surface area contributed by atoms with Gasteiger partial charge in [0.2, 0.25) is 5.91 Å². The fourth-order valence-corrected chi connectivity index (χ4v) is 3.39. The zero-order valence-corrected chi connectivity index (χ0v) is 13.5. The normalized spacial score (nSPS) is 20.8. The zero-order chi connectivity index (χ0) is 16.7. The molecule has 122 valence electrons. The summed E-state index contributed by atoms with van der Waals surface area (Å²) in [4.78, 5) is 22.6. The Morgan fingerprint density at radius 3 is 2.83 bits per heavy atom. The molecular weight excluding hydrogens is 304 g/mol. The van der Waals surface area contributed by atoms with Gasteiger partial charge in [-0.05, 0) is 18.2 Å². The molecule has 7 heteroatoms. The summed E-state index contributed by atoms with van der Waals surface area (Å²) in [6.45, 7) is 0. The minimum Gasteiger partial charge on any atom is -0.379 e. The zero-order valence-electron chi connectivity index (χ0n) is 13.5. The van der Waals surface area contributed by atoms with Crippen molar-refractivity contribution in [3.8, 4) is 0 Å². The van der Waals surface area contributed by atoms with Crippen molar-refractivity contribution >= 4 is 22.5 Å². The number of hydrogen-bond donors (Lipinski definition) is 1. The van der Waals surface area contributed by atoms with Crippen molar-refractivity contribution in [2.24, 2.45) is 7.05 Å². The molecule has 0 spiro atoms. The predicted octanol–water partition coefficient (Wildman–Crippen LogP) is 1.75. The Morgan fingerprint density at radius 1 is 1.17 bits per heavy atom. The van der Waals surface area contributed by atoms with Gasteiger partial charge in [-0.2, -0.15) is 5.10 Å². The highest BCUT2D eigenvalue weighted by Gasteiger charge is 2.40. The summed E-state index contributed by atoms with van der Waals surface area (Å²) in [5.41, 5.74) is 2.83. The lowest BCUT2D eigenvalue weighted by Gasteiger charge is -2.26. The molecule has 24 heavy (non-hydrogen) atoms. The van der Waals surface area contributed by atoms with E-state index in [1.54, 1.807) is 29.7 Å². The molecule has 3 aromatic rings. The number of aryl methyl sites for hydroxylation is 1. The second kappa shape index (κ2) is 5.59. The molecule has 0 aromatic carbocycles. The standard InChI is InChI=1S/C17H18N6O/c1-22-16(24)9-14(17(22)15-5-8-20-23(15)2)21-13-4-7-19-12-3-6-18-10-11(12)13/h3-8,10,14,17H,9H2,1-2H3,(H,19,21)/t14-,17-/m1/s1. The van der Waals surface area contributed by atoms with Crippen molar-refractivity contribution in [2.45, 2.75) is 18.5 Å². The molecule has 7 nitrogen and oxygen atoms in total. The first-order chi connectivity index (χ1) is 11.6. The van der Waals surface area contributed by atoms with Crippen molar-refractivity contribution < 1.29 is 4.79 Å². The Morgan fingerprint density at radius 2 is 2.04 bits per heavy atom. The number of nitrogens with one attached hydrogen (secondary N) is 1.